The van der Waals surface area contributed by atoms with E-state index in [1.165, 1.54) is 0 Å². The molecule has 0 aliphatic heterocycles. The summed E-state index contributed by atoms with van der Waals surface area (Å²) in [6.45, 7) is 0.473. The molecule has 1 rings (SSSR count). The topological polar surface area (TPSA) is 71.9 Å². The number of nitrogens with two attached hydrogens (primary N) is 1. The third-order valence-electron chi connectivity index (χ3n) is 1.86. The van der Waals surface area contributed by atoms with E-state index in [1.807, 2.05) is 0 Å². The van der Waals surface area contributed by atoms with Gasteiger partial charge in [-0.05, 0) is 25.1 Å². The highest BCUT2D eigenvalue weighted by molar-refractivity contribution is 5.39. The summed E-state index contributed by atoms with van der Waals surface area (Å²) in [6, 6.07) is 3.49. The Kier molecular flexibility index (Phi) is 4.29. The molecule has 1 heterocycles. The number of hydrogen-bond acceptors (Lipinski definition) is 4. The Balaban J connectivity index is 2.96. The van der Waals surface area contributed by atoms with Gasteiger partial charge in [-0.1, -0.05) is 0 Å². The number of nitriles is 1. The molecule has 92 valence electrons. The van der Waals surface area contributed by atoms with Crippen LogP contribution >= 0.6 is 0 Å². The van der Waals surface area contributed by atoms with Gasteiger partial charge in [0.05, 0.1) is 6.61 Å². The highest BCUT2D eigenvalue weighted by Gasteiger charge is 2.33. The van der Waals surface area contributed by atoms with Crippen LogP contribution in [0.2, 0.25) is 0 Å². The van der Waals surface area contributed by atoms with Crippen LogP contribution in [0, 0.1) is 11.3 Å². The highest BCUT2D eigenvalue weighted by Crippen LogP contribution is 2.29. The first kappa shape index (κ1) is 13.3. The quantitative estimate of drug-likeness (QED) is 0.819. The van der Waals surface area contributed by atoms with Gasteiger partial charge in [0, 0.05) is 0 Å². The number of nitrogens with zero attached hydrogens (tertiary/aromatic N) is 2. The lowest BCUT2D eigenvalue weighted by molar-refractivity contribution is -0.141. The van der Waals surface area contributed by atoms with Crippen molar-refractivity contribution in [1.29, 1.82) is 5.26 Å². The number of halogens is 3. The van der Waals surface area contributed by atoms with Crippen molar-refractivity contribution in [3.05, 3.63) is 23.4 Å². The molecule has 1 aromatic heterocycles. The van der Waals surface area contributed by atoms with Crippen LogP contribution < -0.4 is 10.5 Å². The van der Waals surface area contributed by atoms with Gasteiger partial charge in [-0.25, -0.2) is 4.98 Å². The summed E-state index contributed by atoms with van der Waals surface area (Å²) in [5.74, 6) is -0.309. The Bertz CT molecular complexity index is 426. The number of ether oxygens (including phenoxy) is 1. The minimum absolute atomic E-state index is 0.0324. The van der Waals surface area contributed by atoms with E-state index in [0.29, 0.717) is 13.0 Å². The van der Waals surface area contributed by atoms with Crippen molar-refractivity contribution in [2.45, 2.75) is 12.6 Å². The van der Waals surface area contributed by atoms with Crippen LogP contribution in [-0.2, 0) is 6.18 Å². The zero-order valence-corrected chi connectivity index (χ0v) is 8.79. The number of alkyl halides is 3. The van der Waals surface area contributed by atoms with Crippen LogP contribution in [0.5, 0.6) is 5.88 Å². The Labute approximate surface area is 95.8 Å². The number of hydrogen-bond donors (Lipinski definition) is 1. The molecule has 0 radical (unpaired) electrons. The lowest BCUT2D eigenvalue weighted by Gasteiger charge is -2.10. The molecule has 0 saturated carbocycles. The third-order valence-corrected chi connectivity index (χ3v) is 1.86. The molecule has 0 fully saturated rings. The first-order valence-corrected chi connectivity index (χ1v) is 4.80. The smallest absolute Gasteiger partial charge is 0.433 e. The summed E-state index contributed by atoms with van der Waals surface area (Å²) in [4.78, 5) is 3.28. The van der Waals surface area contributed by atoms with E-state index in [-0.39, 0.29) is 18.1 Å². The molecular formula is C10H10F3N3O. The van der Waals surface area contributed by atoms with Crippen LogP contribution in [0.25, 0.3) is 0 Å². The fraction of sp³-hybridized carbons (Fsp3) is 0.400. The van der Waals surface area contributed by atoms with E-state index in [4.69, 9.17) is 15.7 Å². The fourth-order valence-electron chi connectivity index (χ4n) is 1.05. The van der Waals surface area contributed by atoms with Gasteiger partial charge in [0.25, 0.3) is 0 Å². The number of aromatic nitrogens is 1. The highest BCUT2D eigenvalue weighted by atomic mass is 19.4. The maximum Gasteiger partial charge on any atom is 0.433 e. The van der Waals surface area contributed by atoms with Crippen molar-refractivity contribution in [1.82, 2.24) is 4.98 Å². The maximum absolute atomic E-state index is 12.4. The Morgan fingerprint density at radius 3 is 2.65 bits per heavy atom. The van der Waals surface area contributed by atoms with Crippen LogP contribution in [0.3, 0.4) is 0 Å². The molecule has 0 aromatic carbocycles. The molecule has 0 amide bonds. The summed E-state index contributed by atoms with van der Waals surface area (Å²) in [7, 11) is 0. The molecular weight excluding hydrogens is 235 g/mol. The van der Waals surface area contributed by atoms with Crippen molar-refractivity contribution in [2.24, 2.45) is 5.73 Å². The number of pyridine rings is 1. The molecule has 4 nitrogen and oxygen atoms in total. The van der Waals surface area contributed by atoms with Crippen molar-refractivity contribution >= 4 is 0 Å². The largest absolute Gasteiger partial charge is 0.477 e. The molecule has 0 aliphatic carbocycles. The molecule has 1 aromatic rings. The van der Waals surface area contributed by atoms with Gasteiger partial charge in [0.2, 0.25) is 5.88 Å². The second-order valence-electron chi connectivity index (χ2n) is 3.15. The molecule has 0 bridgehead atoms. The lowest BCUT2D eigenvalue weighted by atomic mass is 10.2. The summed E-state index contributed by atoms with van der Waals surface area (Å²) in [6.07, 6.45) is -4.08. The van der Waals surface area contributed by atoms with E-state index < -0.39 is 11.9 Å². The summed E-state index contributed by atoms with van der Waals surface area (Å²) < 4.78 is 42.1. The first-order chi connectivity index (χ1) is 7.99. The predicted octanol–water partition coefficient (Wildman–Crippen LogP) is 1.70. The maximum atomic E-state index is 12.4. The van der Waals surface area contributed by atoms with Crippen molar-refractivity contribution in [3.63, 3.8) is 0 Å². The van der Waals surface area contributed by atoms with Gasteiger partial charge < -0.3 is 10.5 Å². The first-order valence-electron chi connectivity index (χ1n) is 4.80. The van der Waals surface area contributed by atoms with Crippen LogP contribution in [-0.4, -0.2) is 18.1 Å². The van der Waals surface area contributed by atoms with E-state index in [0.717, 1.165) is 12.1 Å². The fourth-order valence-corrected chi connectivity index (χ4v) is 1.05. The van der Waals surface area contributed by atoms with Crippen LogP contribution in [0.1, 0.15) is 17.7 Å². The minimum Gasteiger partial charge on any atom is -0.477 e. The Hall–Kier alpha value is -1.81. The zero-order valence-electron chi connectivity index (χ0n) is 8.79. The summed E-state index contributed by atoms with van der Waals surface area (Å²) in [5, 5.41) is 8.69. The van der Waals surface area contributed by atoms with Gasteiger partial charge in [-0.15, -0.1) is 0 Å². The second-order valence-corrected chi connectivity index (χ2v) is 3.15. The normalized spacial score (nSPS) is 11.0. The van der Waals surface area contributed by atoms with Crippen molar-refractivity contribution in [3.8, 4) is 11.9 Å². The van der Waals surface area contributed by atoms with Gasteiger partial charge in [-0.2, -0.15) is 18.4 Å². The molecule has 0 atom stereocenters. The lowest BCUT2D eigenvalue weighted by Crippen LogP contribution is -2.12. The Morgan fingerprint density at radius 2 is 2.12 bits per heavy atom. The average molecular weight is 245 g/mol. The molecule has 2 N–H and O–H groups in total. The predicted molar refractivity (Wildman–Crippen MR) is 53.1 cm³/mol. The van der Waals surface area contributed by atoms with Crippen LogP contribution in [0.4, 0.5) is 13.2 Å². The van der Waals surface area contributed by atoms with E-state index in [1.54, 1.807) is 6.07 Å². The standard InChI is InChI=1S/C10H10F3N3O/c11-10(12,13)8-3-2-7(6-15)9(16-8)17-5-1-4-14/h2-3H,1,4-5,14H2. The zero-order chi connectivity index (χ0) is 12.9. The molecule has 7 heteroatoms. The molecule has 0 unspecified atom stereocenters. The second kappa shape index (κ2) is 5.50. The summed E-state index contributed by atoms with van der Waals surface area (Å²) in [5.41, 5.74) is 4.10. The van der Waals surface area contributed by atoms with E-state index in [9.17, 15) is 13.2 Å². The monoisotopic (exact) mass is 245 g/mol. The van der Waals surface area contributed by atoms with Gasteiger partial charge in [-0.3, -0.25) is 0 Å². The number of rotatable bonds is 4. The molecule has 0 saturated heterocycles. The Morgan fingerprint density at radius 1 is 1.41 bits per heavy atom. The van der Waals surface area contributed by atoms with Gasteiger partial charge in [0.15, 0.2) is 0 Å². The van der Waals surface area contributed by atoms with Crippen molar-refractivity contribution in [2.75, 3.05) is 13.2 Å². The average Bonchev–Trinajstić information content (AvgIpc) is 2.28. The summed E-state index contributed by atoms with van der Waals surface area (Å²) >= 11 is 0. The SMILES string of the molecule is N#Cc1ccc(C(F)(F)F)nc1OCCCN. The van der Waals surface area contributed by atoms with Gasteiger partial charge >= 0.3 is 6.18 Å². The molecule has 0 aliphatic rings. The minimum atomic E-state index is -4.56. The molecule has 0 spiro atoms. The van der Waals surface area contributed by atoms with Crippen molar-refractivity contribution < 1.29 is 17.9 Å². The van der Waals surface area contributed by atoms with E-state index >= 15 is 0 Å². The van der Waals surface area contributed by atoms with Crippen LogP contribution in [0.15, 0.2) is 12.1 Å². The third kappa shape index (κ3) is 3.60. The van der Waals surface area contributed by atoms with E-state index in [2.05, 4.69) is 4.98 Å². The van der Waals surface area contributed by atoms with Gasteiger partial charge in [0.1, 0.15) is 17.3 Å². The molecule has 17 heavy (non-hydrogen) atoms.